The number of hydrogen-bond donors (Lipinski definition) is 1. The molecule has 190 valence electrons. The van der Waals surface area contributed by atoms with Gasteiger partial charge in [-0.2, -0.15) is 0 Å². The standard InChI is InChI=1S/C28H29F2N7/c1-35-13-15-36(16-14-35)21-7-5-20(6-8-21)33-28-27-24(31-18-32-28)10-11-26(34-27)37-12-2-3-25(37)22-17-19(29)4-9-23(22)30/h4-11,17-18,25H,2-3,12-16H2,1H3,(H,31,32,33). The highest BCUT2D eigenvalue weighted by Crippen LogP contribution is 2.37. The zero-order valence-corrected chi connectivity index (χ0v) is 20.7. The Hall–Kier alpha value is -3.85. The lowest BCUT2D eigenvalue weighted by Crippen LogP contribution is -2.44. The van der Waals surface area contributed by atoms with Crippen molar-refractivity contribution in [1.82, 2.24) is 19.9 Å². The summed E-state index contributed by atoms with van der Waals surface area (Å²) in [4.78, 5) is 20.5. The van der Waals surface area contributed by atoms with E-state index in [4.69, 9.17) is 4.98 Å². The number of halogens is 2. The number of anilines is 4. The van der Waals surface area contributed by atoms with Gasteiger partial charge in [-0.05, 0) is 74.5 Å². The summed E-state index contributed by atoms with van der Waals surface area (Å²) in [6.45, 7) is 4.87. The number of hydrogen-bond acceptors (Lipinski definition) is 7. The van der Waals surface area contributed by atoms with Crippen LogP contribution in [-0.2, 0) is 0 Å². The first-order valence-corrected chi connectivity index (χ1v) is 12.7. The molecule has 37 heavy (non-hydrogen) atoms. The van der Waals surface area contributed by atoms with Gasteiger partial charge in [0.15, 0.2) is 5.82 Å². The third-order valence-corrected chi connectivity index (χ3v) is 7.33. The van der Waals surface area contributed by atoms with E-state index in [1.807, 2.05) is 17.0 Å². The van der Waals surface area contributed by atoms with Gasteiger partial charge in [0.1, 0.15) is 29.3 Å². The van der Waals surface area contributed by atoms with Crippen LogP contribution in [0, 0.1) is 11.6 Å². The second-order valence-corrected chi connectivity index (χ2v) is 9.74. The molecule has 0 saturated carbocycles. The number of aromatic nitrogens is 3. The van der Waals surface area contributed by atoms with Gasteiger partial charge in [-0.1, -0.05) is 0 Å². The fourth-order valence-electron chi connectivity index (χ4n) is 5.27. The van der Waals surface area contributed by atoms with E-state index < -0.39 is 11.6 Å². The van der Waals surface area contributed by atoms with Gasteiger partial charge >= 0.3 is 0 Å². The smallest absolute Gasteiger partial charge is 0.160 e. The molecule has 1 atom stereocenters. The van der Waals surface area contributed by atoms with Crippen molar-refractivity contribution < 1.29 is 8.78 Å². The maximum absolute atomic E-state index is 14.6. The Morgan fingerprint density at radius 2 is 1.70 bits per heavy atom. The lowest BCUT2D eigenvalue weighted by Gasteiger charge is -2.34. The summed E-state index contributed by atoms with van der Waals surface area (Å²) < 4.78 is 28.5. The normalized spacial score (nSPS) is 18.5. The van der Waals surface area contributed by atoms with Crippen molar-refractivity contribution >= 4 is 34.0 Å². The third-order valence-electron chi connectivity index (χ3n) is 7.33. The number of fused-ring (bicyclic) bond motifs is 1. The van der Waals surface area contributed by atoms with Crippen LogP contribution in [0.3, 0.4) is 0 Å². The molecular weight excluding hydrogens is 472 g/mol. The maximum atomic E-state index is 14.6. The van der Waals surface area contributed by atoms with Gasteiger partial charge in [-0.15, -0.1) is 0 Å². The molecule has 0 radical (unpaired) electrons. The molecule has 2 aliphatic heterocycles. The van der Waals surface area contributed by atoms with E-state index in [-0.39, 0.29) is 6.04 Å². The van der Waals surface area contributed by atoms with Crippen LogP contribution in [0.25, 0.3) is 11.0 Å². The van der Waals surface area contributed by atoms with E-state index >= 15 is 0 Å². The van der Waals surface area contributed by atoms with Crippen LogP contribution in [0.4, 0.5) is 31.8 Å². The first-order valence-electron chi connectivity index (χ1n) is 12.7. The second kappa shape index (κ2) is 9.89. The van der Waals surface area contributed by atoms with Crippen molar-refractivity contribution in [3.8, 4) is 0 Å². The van der Waals surface area contributed by atoms with Crippen LogP contribution in [-0.4, -0.2) is 59.6 Å². The number of likely N-dealkylation sites (N-methyl/N-ethyl adjacent to an activating group) is 1. The molecule has 2 fully saturated rings. The molecule has 6 rings (SSSR count). The molecule has 2 aromatic carbocycles. The summed E-state index contributed by atoms with van der Waals surface area (Å²) in [5, 5.41) is 3.39. The molecule has 1 N–H and O–H groups in total. The molecule has 4 heterocycles. The minimum Gasteiger partial charge on any atom is -0.369 e. The molecule has 2 aliphatic rings. The van der Waals surface area contributed by atoms with Gasteiger partial charge in [-0.3, -0.25) is 0 Å². The summed E-state index contributed by atoms with van der Waals surface area (Å²) in [5.74, 6) is 0.465. The Morgan fingerprint density at radius 1 is 0.892 bits per heavy atom. The summed E-state index contributed by atoms with van der Waals surface area (Å²) in [6.07, 6.45) is 3.12. The average molecular weight is 502 g/mol. The van der Waals surface area contributed by atoms with Crippen molar-refractivity contribution in [1.29, 1.82) is 0 Å². The molecule has 1 unspecified atom stereocenters. The summed E-state index contributed by atoms with van der Waals surface area (Å²) >= 11 is 0. The van der Waals surface area contributed by atoms with Crippen LogP contribution in [0.1, 0.15) is 24.4 Å². The maximum Gasteiger partial charge on any atom is 0.160 e. The van der Waals surface area contributed by atoms with Gasteiger partial charge in [0.25, 0.3) is 0 Å². The van der Waals surface area contributed by atoms with Crippen molar-refractivity contribution in [2.75, 3.05) is 54.9 Å². The number of piperazine rings is 1. The number of rotatable bonds is 5. The highest BCUT2D eigenvalue weighted by molar-refractivity contribution is 5.88. The first kappa shape index (κ1) is 23.5. The lowest BCUT2D eigenvalue weighted by molar-refractivity contribution is 0.313. The van der Waals surface area contributed by atoms with E-state index in [2.05, 4.69) is 56.4 Å². The minimum absolute atomic E-state index is 0.274. The van der Waals surface area contributed by atoms with Gasteiger partial charge in [0, 0.05) is 49.7 Å². The first-order chi connectivity index (χ1) is 18.0. The van der Waals surface area contributed by atoms with Crippen molar-refractivity contribution in [3.05, 3.63) is 78.1 Å². The third kappa shape index (κ3) is 4.79. The Kier molecular flexibility index (Phi) is 6.30. The SMILES string of the molecule is CN1CCN(c2ccc(Nc3ncnc4ccc(N5CCCC5c5cc(F)ccc5F)nc34)cc2)CC1. The number of benzene rings is 2. The van der Waals surface area contributed by atoms with Crippen LogP contribution >= 0.6 is 0 Å². The molecule has 9 heteroatoms. The Bertz CT molecular complexity index is 1400. The van der Waals surface area contributed by atoms with Crippen LogP contribution < -0.4 is 15.1 Å². The largest absolute Gasteiger partial charge is 0.369 e. The second-order valence-electron chi connectivity index (χ2n) is 9.74. The van der Waals surface area contributed by atoms with Gasteiger partial charge < -0.3 is 20.0 Å². The van der Waals surface area contributed by atoms with Crippen molar-refractivity contribution in [2.45, 2.75) is 18.9 Å². The molecule has 0 amide bonds. The van der Waals surface area contributed by atoms with Crippen molar-refractivity contribution in [2.24, 2.45) is 0 Å². The number of pyridine rings is 1. The van der Waals surface area contributed by atoms with Crippen LogP contribution in [0.2, 0.25) is 0 Å². The topological polar surface area (TPSA) is 60.4 Å². The zero-order valence-electron chi connectivity index (χ0n) is 20.7. The fraction of sp³-hybridized carbons (Fsp3) is 0.321. The van der Waals surface area contributed by atoms with E-state index in [1.165, 1.54) is 24.1 Å². The predicted octanol–water partition coefficient (Wildman–Crippen LogP) is 5.14. The Balaban J connectivity index is 1.27. The highest BCUT2D eigenvalue weighted by Gasteiger charge is 2.30. The van der Waals surface area contributed by atoms with E-state index in [0.29, 0.717) is 34.8 Å². The van der Waals surface area contributed by atoms with E-state index in [1.54, 1.807) is 0 Å². The average Bonchev–Trinajstić information content (AvgIpc) is 3.41. The molecule has 0 spiro atoms. The molecule has 0 bridgehead atoms. The van der Waals surface area contributed by atoms with Gasteiger partial charge in [0.05, 0.1) is 11.6 Å². The zero-order chi connectivity index (χ0) is 25.4. The minimum atomic E-state index is -0.437. The van der Waals surface area contributed by atoms with Gasteiger partial charge in [-0.25, -0.2) is 23.7 Å². The molecule has 2 aromatic heterocycles. The number of nitrogens with one attached hydrogen (secondary N) is 1. The van der Waals surface area contributed by atoms with Crippen LogP contribution in [0.15, 0.2) is 60.9 Å². The van der Waals surface area contributed by atoms with E-state index in [0.717, 1.165) is 50.8 Å². The fourth-order valence-corrected chi connectivity index (χ4v) is 5.27. The molecule has 7 nitrogen and oxygen atoms in total. The monoisotopic (exact) mass is 501 g/mol. The lowest BCUT2D eigenvalue weighted by atomic mass is 10.0. The molecule has 0 aliphatic carbocycles. The summed E-state index contributed by atoms with van der Waals surface area (Å²) in [6, 6.07) is 15.5. The quantitative estimate of drug-likeness (QED) is 0.406. The number of nitrogens with zero attached hydrogens (tertiary/aromatic N) is 6. The molecule has 2 saturated heterocycles. The van der Waals surface area contributed by atoms with Crippen molar-refractivity contribution in [3.63, 3.8) is 0 Å². The predicted molar refractivity (Wildman–Crippen MR) is 142 cm³/mol. The van der Waals surface area contributed by atoms with Gasteiger partial charge in [0.2, 0.25) is 0 Å². The van der Waals surface area contributed by atoms with Crippen LogP contribution in [0.5, 0.6) is 0 Å². The summed E-state index contributed by atoms with van der Waals surface area (Å²) in [7, 11) is 2.15. The summed E-state index contributed by atoms with van der Waals surface area (Å²) in [5.41, 5.74) is 3.82. The molecule has 4 aromatic rings. The Morgan fingerprint density at radius 3 is 2.51 bits per heavy atom. The Labute approximate surface area is 214 Å². The highest BCUT2D eigenvalue weighted by atomic mass is 19.1. The van der Waals surface area contributed by atoms with E-state index in [9.17, 15) is 8.78 Å². The molecular formula is C28H29F2N7.